The number of hydrogen-bond acceptors (Lipinski definition) is 2. The number of carbonyl (C=O) groups is 1. The molecule has 0 saturated carbocycles. The number of aliphatic hydroxyl groups excluding tert-OH is 1. The van der Waals surface area contributed by atoms with Gasteiger partial charge in [0, 0.05) is 13.0 Å². The molecule has 0 aromatic heterocycles. The van der Waals surface area contributed by atoms with Crippen molar-refractivity contribution in [2.24, 2.45) is 0 Å². The molecule has 1 heterocycles. The molecule has 1 fully saturated rings. The number of piperidine rings is 1. The average Bonchev–Trinajstić information content (AvgIpc) is 1.78. The fraction of sp³-hybridized carbons (Fsp3) is 0.800. The predicted molar refractivity (Wildman–Crippen MR) is 28.6 cm³/mol. The van der Waals surface area contributed by atoms with Gasteiger partial charge in [-0.05, 0) is 0 Å². The molecular weight excluding hydrogens is 144 g/mol. The van der Waals surface area contributed by atoms with Gasteiger partial charge in [0.2, 0.25) is 0 Å². The molecule has 1 amide bonds. The molecular formula is C5H7F2NO2. The summed E-state index contributed by atoms with van der Waals surface area (Å²) < 4.78 is 24.6. The molecule has 0 bridgehead atoms. The SMILES string of the molecule is O=C1NC[C@@H](O)CC1(F)F. The van der Waals surface area contributed by atoms with Crippen LogP contribution in [0.5, 0.6) is 0 Å². The molecule has 3 nitrogen and oxygen atoms in total. The minimum atomic E-state index is -3.39. The Morgan fingerprint density at radius 2 is 2.30 bits per heavy atom. The first-order valence-electron chi connectivity index (χ1n) is 2.86. The van der Waals surface area contributed by atoms with Crippen LogP contribution < -0.4 is 5.32 Å². The highest BCUT2D eigenvalue weighted by Crippen LogP contribution is 2.23. The molecule has 1 aliphatic rings. The fourth-order valence-corrected chi connectivity index (χ4v) is 0.801. The van der Waals surface area contributed by atoms with E-state index in [4.69, 9.17) is 5.11 Å². The van der Waals surface area contributed by atoms with E-state index in [1.54, 1.807) is 0 Å². The number of nitrogens with one attached hydrogen (secondary N) is 1. The number of β-amino-alcohol motifs (C(OH)–C–C–N with tert-alkyl or cyclic N) is 1. The summed E-state index contributed by atoms with van der Waals surface area (Å²) in [5.74, 6) is -4.68. The Labute approximate surface area is 56.0 Å². The highest BCUT2D eigenvalue weighted by Gasteiger charge is 2.44. The first kappa shape index (κ1) is 7.40. The van der Waals surface area contributed by atoms with Crippen molar-refractivity contribution < 1.29 is 18.7 Å². The third-order valence-corrected chi connectivity index (χ3v) is 1.32. The van der Waals surface area contributed by atoms with E-state index in [0.717, 1.165) is 0 Å². The van der Waals surface area contributed by atoms with Crippen molar-refractivity contribution in [1.29, 1.82) is 0 Å². The van der Waals surface area contributed by atoms with Crippen LogP contribution in [0.2, 0.25) is 0 Å². The average molecular weight is 151 g/mol. The smallest absolute Gasteiger partial charge is 0.327 e. The van der Waals surface area contributed by atoms with Crippen LogP contribution in [-0.4, -0.2) is 29.6 Å². The predicted octanol–water partition coefficient (Wildman–Crippen LogP) is -0.498. The maximum atomic E-state index is 12.3. The van der Waals surface area contributed by atoms with Gasteiger partial charge in [-0.3, -0.25) is 4.79 Å². The van der Waals surface area contributed by atoms with Gasteiger partial charge in [0.25, 0.3) is 5.91 Å². The molecule has 2 N–H and O–H groups in total. The summed E-state index contributed by atoms with van der Waals surface area (Å²) in [6.07, 6.45) is -1.88. The summed E-state index contributed by atoms with van der Waals surface area (Å²) in [5, 5.41) is 10.6. The van der Waals surface area contributed by atoms with E-state index in [9.17, 15) is 13.6 Å². The van der Waals surface area contributed by atoms with Crippen molar-refractivity contribution in [3.8, 4) is 0 Å². The molecule has 1 rings (SSSR count). The van der Waals surface area contributed by atoms with Crippen LogP contribution in [0.3, 0.4) is 0 Å². The summed E-state index contributed by atoms with van der Waals surface area (Å²) in [6, 6.07) is 0. The number of hydrogen-bond donors (Lipinski definition) is 2. The van der Waals surface area contributed by atoms with E-state index >= 15 is 0 Å². The molecule has 58 valence electrons. The third kappa shape index (κ3) is 1.23. The lowest BCUT2D eigenvalue weighted by Gasteiger charge is -2.24. The number of amides is 1. The van der Waals surface area contributed by atoms with E-state index < -0.39 is 24.4 Å². The van der Waals surface area contributed by atoms with Crippen LogP contribution in [0.1, 0.15) is 6.42 Å². The zero-order chi connectivity index (χ0) is 7.78. The normalized spacial score (nSPS) is 31.5. The van der Waals surface area contributed by atoms with Crippen molar-refractivity contribution in [2.75, 3.05) is 6.54 Å². The second-order valence-electron chi connectivity index (χ2n) is 2.27. The molecule has 0 unspecified atom stereocenters. The summed E-state index contributed by atoms with van der Waals surface area (Å²) in [5.41, 5.74) is 0. The molecule has 1 aliphatic heterocycles. The van der Waals surface area contributed by atoms with Crippen molar-refractivity contribution in [3.05, 3.63) is 0 Å². The largest absolute Gasteiger partial charge is 0.391 e. The Bertz CT molecular complexity index is 160. The summed E-state index contributed by atoms with van der Waals surface area (Å²) in [4.78, 5) is 10.3. The lowest BCUT2D eigenvalue weighted by molar-refractivity contribution is -0.155. The maximum absolute atomic E-state index is 12.3. The van der Waals surface area contributed by atoms with Gasteiger partial charge < -0.3 is 10.4 Å². The first-order valence-corrected chi connectivity index (χ1v) is 2.86. The molecule has 0 aromatic rings. The highest BCUT2D eigenvalue weighted by molar-refractivity contribution is 5.84. The molecule has 0 aromatic carbocycles. The number of halogens is 2. The van der Waals surface area contributed by atoms with Gasteiger partial charge in [-0.15, -0.1) is 0 Å². The zero-order valence-corrected chi connectivity index (χ0v) is 5.10. The second-order valence-corrected chi connectivity index (χ2v) is 2.27. The van der Waals surface area contributed by atoms with Crippen LogP contribution in [-0.2, 0) is 4.79 Å². The maximum Gasteiger partial charge on any atom is 0.327 e. The van der Waals surface area contributed by atoms with E-state index in [1.165, 1.54) is 0 Å². The minimum absolute atomic E-state index is 0.0750. The zero-order valence-electron chi connectivity index (χ0n) is 5.10. The van der Waals surface area contributed by atoms with Crippen molar-refractivity contribution in [1.82, 2.24) is 5.32 Å². The lowest BCUT2D eigenvalue weighted by atomic mass is 10.1. The van der Waals surface area contributed by atoms with E-state index in [-0.39, 0.29) is 6.54 Å². The number of alkyl halides is 2. The van der Waals surface area contributed by atoms with Gasteiger partial charge in [0.15, 0.2) is 0 Å². The van der Waals surface area contributed by atoms with E-state index in [0.29, 0.717) is 0 Å². The quantitative estimate of drug-likeness (QED) is 0.490. The van der Waals surface area contributed by atoms with Crippen molar-refractivity contribution in [3.63, 3.8) is 0 Å². The molecule has 0 radical (unpaired) electrons. The van der Waals surface area contributed by atoms with Gasteiger partial charge in [-0.2, -0.15) is 8.78 Å². The molecule has 1 saturated heterocycles. The molecule has 0 spiro atoms. The van der Waals surface area contributed by atoms with E-state index in [2.05, 4.69) is 0 Å². The van der Waals surface area contributed by atoms with Gasteiger partial charge in [0.05, 0.1) is 6.10 Å². The Morgan fingerprint density at radius 3 is 2.70 bits per heavy atom. The van der Waals surface area contributed by atoms with Crippen LogP contribution in [0.4, 0.5) is 8.78 Å². The summed E-state index contributed by atoms with van der Waals surface area (Å²) in [7, 11) is 0. The highest BCUT2D eigenvalue weighted by atomic mass is 19.3. The Kier molecular flexibility index (Phi) is 1.60. The number of carbonyl (C=O) groups excluding carboxylic acids is 1. The summed E-state index contributed by atoms with van der Waals surface area (Å²) >= 11 is 0. The van der Waals surface area contributed by atoms with Crippen LogP contribution in [0.25, 0.3) is 0 Å². The van der Waals surface area contributed by atoms with Crippen molar-refractivity contribution in [2.45, 2.75) is 18.4 Å². The van der Waals surface area contributed by atoms with Crippen LogP contribution in [0.15, 0.2) is 0 Å². The topological polar surface area (TPSA) is 49.3 Å². The monoisotopic (exact) mass is 151 g/mol. The van der Waals surface area contributed by atoms with Crippen LogP contribution >= 0.6 is 0 Å². The third-order valence-electron chi connectivity index (χ3n) is 1.32. The van der Waals surface area contributed by atoms with Crippen LogP contribution in [0, 0.1) is 0 Å². The molecule has 5 heteroatoms. The van der Waals surface area contributed by atoms with Gasteiger partial charge >= 0.3 is 5.92 Å². The molecule has 1 atom stereocenters. The Morgan fingerprint density at radius 1 is 1.70 bits per heavy atom. The molecule has 10 heavy (non-hydrogen) atoms. The lowest BCUT2D eigenvalue weighted by Crippen LogP contribution is -2.51. The van der Waals surface area contributed by atoms with Gasteiger partial charge in [-0.25, -0.2) is 0 Å². The molecule has 0 aliphatic carbocycles. The van der Waals surface area contributed by atoms with E-state index in [1.807, 2.05) is 5.32 Å². The second kappa shape index (κ2) is 2.16. The standard InChI is InChI=1S/C5H7F2NO2/c6-5(7)1-3(9)2-8-4(5)10/h3,9H,1-2H2,(H,8,10)/t3-/m0/s1. The number of rotatable bonds is 0. The fourth-order valence-electron chi connectivity index (χ4n) is 0.801. The van der Waals surface area contributed by atoms with Crippen molar-refractivity contribution >= 4 is 5.91 Å². The summed E-state index contributed by atoms with van der Waals surface area (Å²) in [6.45, 7) is -0.0750. The minimum Gasteiger partial charge on any atom is -0.391 e. The first-order chi connectivity index (χ1) is 4.52. The number of aliphatic hydroxyl groups is 1. The van der Waals surface area contributed by atoms with Gasteiger partial charge in [0.1, 0.15) is 0 Å². The van der Waals surface area contributed by atoms with Gasteiger partial charge in [-0.1, -0.05) is 0 Å². The Hall–Kier alpha value is -0.710. The Balaban J connectivity index is 2.63.